The predicted molar refractivity (Wildman–Crippen MR) is 194 cm³/mol. The lowest BCUT2D eigenvalue weighted by molar-refractivity contribution is 0.345. The Bertz CT molecular complexity index is 2070. The molecule has 0 spiro atoms. The van der Waals surface area contributed by atoms with Crippen molar-refractivity contribution >= 4 is 22.6 Å². The van der Waals surface area contributed by atoms with E-state index in [9.17, 15) is 0 Å². The quantitative estimate of drug-likeness (QED) is 0.105. The van der Waals surface area contributed by atoms with Crippen LogP contribution in [0.25, 0.3) is 0 Å². The molecule has 0 atom stereocenters. The van der Waals surface area contributed by atoms with Crippen LogP contribution in [0, 0.1) is 47.4 Å². The summed E-state index contributed by atoms with van der Waals surface area (Å²) in [6.45, 7) is 0.569. The Kier molecular flexibility index (Phi) is 11.4. The van der Waals surface area contributed by atoms with Gasteiger partial charge in [-0.1, -0.05) is 100 Å². The van der Waals surface area contributed by atoms with Crippen molar-refractivity contribution < 1.29 is 14.2 Å². The van der Waals surface area contributed by atoms with E-state index >= 15 is 0 Å². The van der Waals surface area contributed by atoms with Gasteiger partial charge >= 0.3 is 0 Å². The van der Waals surface area contributed by atoms with Crippen molar-refractivity contribution in [1.82, 2.24) is 0 Å². The molecular weight excluding hydrogens is 679 g/mol. The summed E-state index contributed by atoms with van der Waals surface area (Å²) in [4.78, 5) is 0. The van der Waals surface area contributed by atoms with Gasteiger partial charge in [0.2, 0.25) is 0 Å². The van der Waals surface area contributed by atoms with E-state index in [-0.39, 0.29) is 0 Å². The molecule has 5 rings (SSSR count). The number of methoxy groups -OCH3 is 2. The molecule has 3 nitrogen and oxygen atoms in total. The summed E-state index contributed by atoms with van der Waals surface area (Å²) < 4.78 is 17.5. The fourth-order valence-corrected chi connectivity index (χ4v) is 4.55. The number of hydrogen-bond acceptors (Lipinski definition) is 3. The van der Waals surface area contributed by atoms with Crippen LogP contribution in [0.1, 0.15) is 44.5 Å². The third-order valence-electron chi connectivity index (χ3n) is 6.73. The molecule has 0 aliphatic heterocycles. The topological polar surface area (TPSA) is 27.7 Å². The first-order chi connectivity index (χ1) is 22.7. The van der Waals surface area contributed by atoms with Gasteiger partial charge in [-0.3, -0.25) is 0 Å². The van der Waals surface area contributed by atoms with Crippen LogP contribution in [0.5, 0.6) is 17.2 Å². The van der Waals surface area contributed by atoms with Crippen molar-refractivity contribution in [3.63, 3.8) is 0 Å². The number of alkyl halides is 1. The first kappa shape index (κ1) is 31.9. The maximum absolute atomic E-state index is 6.10. The van der Waals surface area contributed by atoms with E-state index in [0.29, 0.717) is 12.4 Å². The number of benzene rings is 5. The standard InChI is InChI=1S/C42H29IO3/c1-44-39-25-16-32(17-26-39)14-20-34-8-3-5-10-36(34)22-23-38-12-7-13-42(46-31-30-43)41(38)29-24-37-11-6-4-9-35(37)21-15-33-18-27-40(45-2)28-19-33/h3-13,16-19,25-28H,30-31H2,1-2H3. The van der Waals surface area contributed by atoms with Crippen LogP contribution in [-0.2, 0) is 0 Å². The highest BCUT2D eigenvalue weighted by molar-refractivity contribution is 14.1. The Balaban J connectivity index is 1.49. The van der Waals surface area contributed by atoms with Crippen LogP contribution >= 0.6 is 22.6 Å². The monoisotopic (exact) mass is 708 g/mol. The molecule has 0 saturated heterocycles. The molecule has 0 unspecified atom stereocenters. The number of rotatable bonds is 5. The number of hydrogen-bond donors (Lipinski definition) is 0. The molecule has 0 bridgehead atoms. The van der Waals surface area contributed by atoms with Crippen LogP contribution in [0.4, 0.5) is 0 Å². The van der Waals surface area contributed by atoms with E-state index in [1.807, 2.05) is 115 Å². The third-order valence-corrected chi connectivity index (χ3v) is 7.17. The summed E-state index contributed by atoms with van der Waals surface area (Å²) in [7, 11) is 3.30. The molecule has 0 N–H and O–H groups in total. The molecule has 0 saturated carbocycles. The second-order valence-corrected chi connectivity index (χ2v) is 10.8. The molecule has 5 aromatic rings. The normalized spacial score (nSPS) is 9.54. The highest BCUT2D eigenvalue weighted by Gasteiger charge is 2.07. The van der Waals surface area contributed by atoms with Gasteiger partial charge in [0.05, 0.1) is 26.4 Å². The van der Waals surface area contributed by atoms with E-state index in [1.165, 1.54) is 0 Å². The van der Waals surface area contributed by atoms with Crippen molar-refractivity contribution in [1.29, 1.82) is 0 Å². The Morgan fingerprint density at radius 3 is 1.33 bits per heavy atom. The summed E-state index contributed by atoms with van der Waals surface area (Å²) in [5.74, 6) is 28.7. The molecule has 222 valence electrons. The summed E-state index contributed by atoms with van der Waals surface area (Å²) in [5.41, 5.74) is 6.65. The predicted octanol–water partition coefficient (Wildman–Crippen LogP) is 8.12. The van der Waals surface area contributed by atoms with Gasteiger partial charge in [0, 0.05) is 43.4 Å². The van der Waals surface area contributed by atoms with Crippen LogP contribution in [0.3, 0.4) is 0 Å². The summed E-state index contributed by atoms with van der Waals surface area (Å²) in [6.07, 6.45) is 0. The Labute approximate surface area is 285 Å². The highest BCUT2D eigenvalue weighted by atomic mass is 127. The Morgan fingerprint density at radius 1 is 0.457 bits per heavy atom. The summed E-state index contributed by atoms with van der Waals surface area (Å²) in [6, 6.07) is 37.0. The van der Waals surface area contributed by atoms with Gasteiger partial charge in [0.15, 0.2) is 0 Å². The minimum absolute atomic E-state index is 0.569. The molecule has 46 heavy (non-hydrogen) atoms. The lowest BCUT2D eigenvalue weighted by Crippen LogP contribution is -2.01. The lowest BCUT2D eigenvalue weighted by atomic mass is 10.0. The van der Waals surface area contributed by atoms with Crippen LogP contribution in [-0.4, -0.2) is 25.3 Å². The molecule has 5 aromatic carbocycles. The summed E-state index contributed by atoms with van der Waals surface area (Å²) in [5, 5.41) is 0. The number of ether oxygens (including phenoxy) is 3. The second-order valence-electron chi connectivity index (χ2n) is 9.76. The van der Waals surface area contributed by atoms with Crippen molar-refractivity contribution in [2.24, 2.45) is 0 Å². The van der Waals surface area contributed by atoms with E-state index in [4.69, 9.17) is 14.2 Å². The van der Waals surface area contributed by atoms with Gasteiger partial charge in [-0.2, -0.15) is 0 Å². The van der Waals surface area contributed by atoms with Crippen molar-refractivity contribution in [3.05, 3.63) is 160 Å². The maximum Gasteiger partial charge on any atom is 0.136 e. The van der Waals surface area contributed by atoms with Gasteiger partial charge in [0.1, 0.15) is 17.2 Å². The fourth-order valence-electron chi connectivity index (χ4n) is 4.33. The third kappa shape index (κ3) is 8.77. The molecule has 0 fully saturated rings. The molecular formula is C42H29IO3. The van der Waals surface area contributed by atoms with E-state index in [1.54, 1.807) is 14.2 Å². The molecule has 0 aliphatic carbocycles. The van der Waals surface area contributed by atoms with E-state index in [0.717, 1.165) is 60.4 Å². The largest absolute Gasteiger partial charge is 0.497 e. The lowest BCUT2D eigenvalue weighted by Gasteiger charge is -2.08. The van der Waals surface area contributed by atoms with Gasteiger partial charge in [-0.15, -0.1) is 0 Å². The Hall–Kier alpha value is -5.53. The first-order valence-corrected chi connectivity index (χ1v) is 16.1. The second kappa shape index (κ2) is 16.5. The van der Waals surface area contributed by atoms with Gasteiger partial charge in [-0.25, -0.2) is 0 Å². The zero-order valence-electron chi connectivity index (χ0n) is 25.5. The van der Waals surface area contributed by atoms with Crippen LogP contribution in [0.2, 0.25) is 0 Å². The van der Waals surface area contributed by atoms with Crippen molar-refractivity contribution in [3.8, 4) is 64.6 Å². The smallest absolute Gasteiger partial charge is 0.136 e. The molecule has 0 aromatic heterocycles. The van der Waals surface area contributed by atoms with E-state index in [2.05, 4.69) is 70.0 Å². The molecule has 0 radical (unpaired) electrons. The van der Waals surface area contributed by atoms with Gasteiger partial charge in [0.25, 0.3) is 0 Å². The van der Waals surface area contributed by atoms with Gasteiger partial charge in [-0.05, 0) is 84.9 Å². The molecule has 0 amide bonds. The fraction of sp³-hybridized carbons (Fsp3) is 0.0952. The van der Waals surface area contributed by atoms with E-state index < -0.39 is 0 Å². The average Bonchev–Trinajstić information content (AvgIpc) is 3.11. The zero-order valence-corrected chi connectivity index (χ0v) is 27.6. The van der Waals surface area contributed by atoms with Crippen molar-refractivity contribution in [2.45, 2.75) is 0 Å². The average molecular weight is 709 g/mol. The van der Waals surface area contributed by atoms with Crippen molar-refractivity contribution in [2.75, 3.05) is 25.3 Å². The summed E-state index contributed by atoms with van der Waals surface area (Å²) >= 11 is 2.30. The minimum atomic E-state index is 0.569. The molecule has 0 aliphatic rings. The SMILES string of the molecule is COc1ccc(C#Cc2ccccc2C#Cc2cccc(OCCI)c2C#Cc2ccccc2C#Cc2ccc(OC)cc2)cc1. The molecule has 4 heteroatoms. The molecule has 0 heterocycles. The maximum atomic E-state index is 6.10. The zero-order chi connectivity index (χ0) is 32.0. The van der Waals surface area contributed by atoms with Crippen LogP contribution in [0.15, 0.2) is 115 Å². The van der Waals surface area contributed by atoms with Crippen LogP contribution < -0.4 is 14.2 Å². The van der Waals surface area contributed by atoms with Gasteiger partial charge < -0.3 is 14.2 Å². The Morgan fingerprint density at radius 2 is 0.870 bits per heavy atom. The number of halogens is 1. The minimum Gasteiger partial charge on any atom is -0.497 e. The highest BCUT2D eigenvalue weighted by Crippen LogP contribution is 2.22. The first-order valence-electron chi connectivity index (χ1n) is 14.5.